The molecule has 3 aromatic rings. The van der Waals surface area contributed by atoms with Gasteiger partial charge < -0.3 is 9.55 Å². The van der Waals surface area contributed by atoms with Crippen LogP contribution in [0.4, 0.5) is 0 Å². The Labute approximate surface area is 128 Å². The van der Waals surface area contributed by atoms with Crippen molar-refractivity contribution in [1.29, 1.82) is 0 Å². The zero-order valence-electron chi connectivity index (χ0n) is 11.2. The number of aromatic nitrogens is 2. The first-order chi connectivity index (χ1) is 9.63. The van der Waals surface area contributed by atoms with Crippen LogP contribution in [0.1, 0.15) is 11.1 Å². The Balaban J connectivity index is 1.91. The number of benzene rings is 2. The number of fused-ring (bicyclic) bond motifs is 1. The van der Waals surface area contributed by atoms with Crippen LogP contribution in [0.5, 0.6) is 0 Å². The minimum absolute atomic E-state index is 0.722. The van der Waals surface area contributed by atoms with Crippen LogP contribution >= 0.6 is 23.8 Å². The van der Waals surface area contributed by atoms with E-state index in [9.17, 15) is 0 Å². The van der Waals surface area contributed by atoms with Crippen LogP contribution in [0.2, 0.25) is 5.02 Å². The third-order valence-electron chi connectivity index (χ3n) is 3.44. The maximum Gasteiger partial charge on any atom is 0.178 e. The highest BCUT2D eigenvalue weighted by Crippen LogP contribution is 2.19. The highest BCUT2D eigenvalue weighted by atomic mass is 35.5. The number of nitrogens with one attached hydrogen (secondary N) is 1. The average Bonchev–Trinajstić information content (AvgIpc) is 2.71. The van der Waals surface area contributed by atoms with Crippen molar-refractivity contribution in [2.75, 3.05) is 0 Å². The maximum atomic E-state index is 6.01. The first kappa shape index (κ1) is 13.4. The van der Waals surface area contributed by atoms with E-state index in [0.29, 0.717) is 0 Å². The largest absolute Gasteiger partial charge is 0.331 e. The molecule has 3 rings (SSSR count). The average molecular weight is 303 g/mol. The molecule has 0 aliphatic heterocycles. The lowest BCUT2D eigenvalue weighted by molar-refractivity contribution is 0.706. The monoisotopic (exact) mass is 302 g/mol. The second-order valence-corrected chi connectivity index (χ2v) is 5.81. The van der Waals surface area contributed by atoms with E-state index in [0.717, 1.165) is 33.8 Å². The third-order valence-corrected chi connectivity index (χ3v) is 4.00. The number of hydrogen-bond acceptors (Lipinski definition) is 1. The highest BCUT2D eigenvalue weighted by molar-refractivity contribution is 7.71. The van der Waals surface area contributed by atoms with Crippen LogP contribution in [0.3, 0.4) is 0 Å². The van der Waals surface area contributed by atoms with E-state index in [-0.39, 0.29) is 0 Å². The van der Waals surface area contributed by atoms with Crippen molar-refractivity contribution in [3.8, 4) is 0 Å². The molecular formula is C16H15ClN2S. The molecule has 0 atom stereocenters. The molecule has 1 aromatic heterocycles. The summed E-state index contributed by atoms with van der Waals surface area (Å²) in [4.78, 5) is 3.21. The number of nitrogens with zero attached hydrogens (tertiary/aromatic N) is 1. The Hall–Kier alpha value is -1.58. The second-order valence-electron chi connectivity index (χ2n) is 4.98. The van der Waals surface area contributed by atoms with Gasteiger partial charge in [0.1, 0.15) is 0 Å². The minimum Gasteiger partial charge on any atom is -0.331 e. The fourth-order valence-electron chi connectivity index (χ4n) is 2.47. The van der Waals surface area contributed by atoms with E-state index >= 15 is 0 Å². The van der Waals surface area contributed by atoms with Crippen LogP contribution in [-0.2, 0) is 13.0 Å². The summed E-state index contributed by atoms with van der Waals surface area (Å²) < 4.78 is 2.87. The standard InChI is InChI=1S/C16H15ClN2S/c1-11-3-2-4-12(9-11)7-8-19-15-6-5-13(17)10-14(15)18-16(19)20/h2-6,9-10H,7-8H2,1H3,(H,18,20). The van der Waals surface area contributed by atoms with E-state index in [1.807, 2.05) is 18.2 Å². The number of hydrogen-bond donors (Lipinski definition) is 1. The smallest absolute Gasteiger partial charge is 0.178 e. The van der Waals surface area contributed by atoms with E-state index in [2.05, 4.69) is 40.7 Å². The van der Waals surface area contributed by atoms with E-state index in [4.69, 9.17) is 23.8 Å². The molecule has 0 aliphatic rings. The van der Waals surface area contributed by atoms with Crippen LogP contribution in [0.25, 0.3) is 11.0 Å². The van der Waals surface area contributed by atoms with Crippen molar-refractivity contribution < 1.29 is 0 Å². The van der Waals surface area contributed by atoms with Gasteiger partial charge in [-0.05, 0) is 49.3 Å². The molecule has 20 heavy (non-hydrogen) atoms. The van der Waals surface area contributed by atoms with Gasteiger partial charge in [0, 0.05) is 11.6 Å². The molecule has 0 amide bonds. The summed E-state index contributed by atoms with van der Waals surface area (Å²) in [5.41, 5.74) is 4.71. The fourth-order valence-corrected chi connectivity index (χ4v) is 2.94. The predicted molar refractivity (Wildman–Crippen MR) is 87.0 cm³/mol. The molecule has 0 bridgehead atoms. The van der Waals surface area contributed by atoms with Crippen LogP contribution in [0.15, 0.2) is 42.5 Å². The zero-order valence-corrected chi connectivity index (χ0v) is 12.8. The Morgan fingerprint density at radius 3 is 2.85 bits per heavy atom. The molecule has 0 saturated heterocycles. The van der Waals surface area contributed by atoms with Gasteiger partial charge in [-0.25, -0.2) is 0 Å². The lowest BCUT2D eigenvalue weighted by Crippen LogP contribution is -2.01. The molecule has 0 aliphatic carbocycles. The predicted octanol–water partition coefficient (Wildman–Crippen LogP) is 4.90. The van der Waals surface area contributed by atoms with Gasteiger partial charge in [0.25, 0.3) is 0 Å². The van der Waals surface area contributed by atoms with Gasteiger partial charge in [-0.1, -0.05) is 41.4 Å². The van der Waals surface area contributed by atoms with Gasteiger partial charge in [-0.3, -0.25) is 0 Å². The molecule has 0 unspecified atom stereocenters. The van der Waals surface area contributed by atoms with Crippen LogP contribution in [-0.4, -0.2) is 9.55 Å². The number of aryl methyl sites for hydroxylation is 3. The summed E-state index contributed by atoms with van der Waals surface area (Å²) in [6.07, 6.45) is 0.964. The lowest BCUT2D eigenvalue weighted by Gasteiger charge is -2.06. The first-order valence-electron chi connectivity index (χ1n) is 6.57. The SMILES string of the molecule is Cc1cccc(CCn2c(=S)[nH]c3cc(Cl)ccc32)c1. The molecule has 0 spiro atoms. The lowest BCUT2D eigenvalue weighted by atomic mass is 10.1. The summed E-state index contributed by atoms with van der Waals surface area (Å²) in [6, 6.07) is 14.4. The van der Waals surface area contributed by atoms with Gasteiger partial charge in [-0.2, -0.15) is 0 Å². The Bertz CT molecular complexity index is 817. The number of aromatic amines is 1. The summed E-state index contributed by atoms with van der Waals surface area (Å²) in [7, 11) is 0. The Kier molecular flexibility index (Phi) is 3.64. The topological polar surface area (TPSA) is 20.7 Å². The van der Waals surface area contributed by atoms with Gasteiger partial charge in [0.2, 0.25) is 0 Å². The maximum absolute atomic E-state index is 6.01. The normalized spacial score (nSPS) is 11.1. The minimum atomic E-state index is 0.722. The number of halogens is 1. The third kappa shape index (κ3) is 2.65. The van der Waals surface area contributed by atoms with Gasteiger partial charge >= 0.3 is 0 Å². The number of imidazole rings is 1. The molecule has 1 heterocycles. The molecule has 4 heteroatoms. The van der Waals surface area contributed by atoms with Crippen LogP contribution in [0, 0.1) is 11.7 Å². The van der Waals surface area contributed by atoms with E-state index in [1.165, 1.54) is 11.1 Å². The summed E-state index contributed by atoms with van der Waals surface area (Å²) in [6.45, 7) is 2.98. The zero-order chi connectivity index (χ0) is 14.1. The molecular weight excluding hydrogens is 288 g/mol. The highest BCUT2D eigenvalue weighted by Gasteiger charge is 2.05. The van der Waals surface area contributed by atoms with Gasteiger partial charge in [0.15, 0.2) is 4.77 Å². The molecule has 102 valence electrons. The van der Waals surface area contributed by atoms with Crippen molar-refractivity contribution in [3.05, 3.63) is 63.4 Å². The number of rotatable bonds is 3. The molecule has 0 radical (unpaired) electrons. The van der Waals surface area contributed by atoms with E-state index < -0.39 is 0 Å². The molecule has 2 aromatic carbocycles. The molecule has 1 N–H and O–H groups in total. The summed E-state index contributed by atoms with van der Waals surface area (Å²) in [5, 5.41) is 0.722. The van der Waals surface area contributed by atoms with Crippen molar-refractivity contribution in [1.82, 2.24) is 9.55 Å². The second kappa shape index (κ2) is 5.43. The first-order valence-corrected chi connectivity index (χ1v) is 7.36. The van der Waals surface area contributed by atoms with Crippen molar-refractivity contribution in [2.24, 2.45) is 0 Å². The molecule has 0 saturated carbocycles. The van der Waals surface area contributed by atoms with Crippen molar-refractivity contribution >= 4 is 34.9 Å². The van der Waals surface area contributed by atoms with Gasteiger partial charge in [-0.15, -0.1) is 0 Å². The summed E-state index contributed by atoms with van der Waals surface area (Å²) >= 11 is 11.4. The van der Waals surface area contributed by atoms with E-state index in [1.54, 1.807) is 0 Å². The number of H-pyrrole nitrogens is 1. The quantitative estimate of drug-likeness (QED) is 0.682. The Morgan fingerprint density at radius 2 is 2.05 bits per heavy atom. The molecule has 2 nitrogen and oxygen atoms in total. The van der Waals surface area contributed by atoms with Crippen molar-refractivity contribution in [2.45, 2.75) is 19.9 Å². The fraction of sp³-hybridized carbons (Fsp3) is 0.188. The van der Waals surface area contributed by atoms with Crippen LogP contribution < -0.4 is 0 Å². The van der Waals surface area contributed by atoms with Gasteiger partial charge in [0.05, 0.1) is 11.0 Å². The molecule has 0 fully saturated rings. The Morgan fingerprint density at radius 1 is 1.20 bits per heavy atom. The summed E-state index contributed by atoms with van der Waals surface area (Å²) in [5.74, 6) is 0. The van der Waals surface area contributed by atoms with Crippen molar-refractivity contribution in [3.63, 3.8) is 0 Å².